The van der Waals surface area contributed by atoms with E-state index in [9.17, 15) is 0 Å². The second-order valence-corrected chi connectivity index (χ2v) is 4.19. The van der Waals surface area contributed by atoms with Crippen LogP contribution in [0.2, 0.25) is 0 Å². The summed E-state index contributed by atoms with van der Waals surface area (Å²) in [6, 6.07) is 4.80. The number of rotatable bonds is 5. The van der Waals surface area contributed by atoms with Crippen LogP contribution in [0.1, 0.15) is 25.5 Å². The number of likely N-dealkylation sites (N-methyl/N-ethyl adjacent to an activating group) is 1. The molecule has 1 aromatic heterocycles. The average Bonchev–Trinajstić information content (AvgIpc) is 3.06. The molecular formula is C12H19N3. The van der Waals surface area contributed by atoms with Crippen LogP contribution in [0.4, 0.5) is 5.69 Å². The highest BCUT2D eigenvalue weighted by molar-refractivity contribution is 5.34. The van der Waals surface area contributed by atoms with Crippen LogP contribution in [-0.4, -0.2) is 29.0 Å². The van der Waals surface area contributed by atoms with Crippen LogP contribution in [0, 0.1) is 0 Å². The van der Waals surface area contributed by atoms with E-state index in [-0.39, 0.29) is 0 Å². The zero-order chi connectivity index (χ0) is 10.7. The van der Waals surface area contributed by atoms with E-state index >= 15 is 0 Å². The van der Waals surface area contributed by atoms with Gasteiger partial charge in [-0.3, -0.25) is 4.98 Å². The Kier molecular flexibility index (Phi) is 3.21. The summed E-state index contributed by atoms with van der Waals surface area (Å²) >= 11 is 0. The summed E-state index contributed by atoms with van der Waals surface area (Å²) in [6.45, 7) is 4.51. The molecule has 2 N–H and O–H groups in total. The predicted molar refractivity (Wildman–Crippen MR) is 62.6 cm³/mol. The fraction of sp³-hybridized carbons (Fsp3) is 0.583. The Morgan fingerprint density at radius 3 is 2.80 bits per heavy atom. The third kappa shape index (κ3) is 2.93. The van der Waals surface area contributed by atoms with Crippen molar-refractivity contribution in [3.05, 3.63) is 24.0 Å². The Morgan fingerprint density at radius 1 is 1.47 bits per heavy atom. The summed E-state index contributed by atoms with van der Waals surface area (Å²) < 4.78 is 0. The molecule has 1 saturated carbocycles. The zero-order valence-corrected chi connectivity index (χ0v) is 9.32. The lowest BCUT2D eigenvalue weighted by atomic mass is 10.2. The van der Waals surface area contributed by atoms with E-state index in [0.29, 0.717) is 0 Å². The quantitative estimate of drug-likeness (QED) is 0.795. The summed E-state index contributed by atoms with van der Waals surface area (Å²) in [5.41, 5.74) is 7.48. The molecule has 1 aromatic rings. The molecule has 1 fully saturated rings. The van der Waals surface area contributed by atoms with Gasteiger partial charge in [-0.05, 0) is 31.5 Å². The van der Waals surface area contributed by atoms with Crippen molar-refractivity contribution in [3.63, 3.8) is 0 Å². The first kappa shape index (κ1) is 10.4. The molecule has 0 unspecified atom stereocenters. The van der Waals surface area contributed by atoms with Gasteiger partial charge in [-0.25, -0.2) is 0 Å². The molecular weight excluding hydrogens is 186 g/mol. The number of pyridine rings is 1. The van der Waals surface area contributed by atoms with Gasteiger partial charge in [-0.1, -0.05) is 6.92 Å². The number of nitrogen functional groups attached to an aromatic ring is 1. The molecule has 0 radical (unpaired) electrons. The lowest BCUT2D eigenvalue weighted by molar-refractivity contribution is 0.280. The van der Waals surface area contributed by atoms with Crippen molar-refractivity contribution in [1.29, 1.82) is 0 Å². The van der Waals surface area contributed by atoms with Crippen LogP contribution in [0.25, 0.3) is 0 Å². The molecule has 82 valence electrons. The van der Waals surface area contributed by atoms with Crippen LogP contribution in [0.3, 0.4) is 0 Å². The SMILES string of the molecule is CCN(CCc1ccc(N)cn1)C1CC1. The predicted octanol–water partition coefficient (Wildman–Crippen LogP) is 1.69. The Hall–Kier alpha value is -1.09. The normalized spacial score (nSPS) is 15.9. The molecule has 3 nitrogen and oxygen atoms in total. The molecule has 0 atom stereocenters. The average molecular weight is 205 g/mol. The van der Waals surface area contributed by atoms with E-state index in [4.69, 9.17) is 5.73 Å². The molecule has 15 heavy (non-hydrogen) atoms. The maximum Gasteiger partial charge on any atom is 0.0501 e. The van der Waals surface area contributed by atoms with E-state index in [0.717, 1.165) is 36.9 Å². The fourth-order valence-electron chi connectivity index (χ4n) is 1.88. The van der Waals surface area contributed by atoms with E-state index < -0.39 is 0 Å². The molecule has 1 aliphatic carbocycles. The minimum absolute atomic E-state index is 0.744. The Morgan fingerprint density at radius 2 is 2.27 bits per heavy atom. The lowest BCUT2D eigenvalue weighted by Crippen LogP contribution is -2.28. The topological polar surface area (TPSA) is 42.1 Å². The third-order valence-electron chi connectivity index (χ3n) is 2.97. The van der Waals surface area contributed by atoms with Crippen molar-refractivity contribution in [2.45, 2.75) is 32.2 Å². The summed E-state index contributed by atoms with van der Waals surface area (Å²) in [6.07, 6.45) is 5.53. The number of nitrogens with two attached hydrogens (primary N) is 1. The first-order chi connectivity index (χ1) is 7.29. The Balaban J connectivity index is 1.83. The van der Waals surface area contributed by atoms with Crippen LogP contribution in [0.15, 0.2) is 18.3 Å². The second-order valence-electron chi connectivity index (χ2n) is 4.19. The summed E-state index contributed by atoms with van der Waals surface area (Å²) in [4.78, 5) is 6.85. The van der Waals surface area contributed by atoms with E-state index in [1.54, 1.807) is 6.20 Å². The smallest absolute Gasteiger partial charge is 0.0501 e. The third-order valence-corrected chi connectivity index (χ3v) is 2.97. The van der Waals surface area contributed by atoms with Gasteiger partial charge in [0, 0.05) is 24.7 Å². The monoisotopic (exact) mass is 205 g/mol. The van der Waals surface area contributed by atoms with E-state index in [2.05, 4.69) is 16.8 Å². The number of nitrogens with zero attached hydrogens (tertiary/aromatic N) is 2. The Bertz CT molecular complexity index is 303. The minimum Gasteiger partial charge on any atom is -0.397 e. The maximum absolute atomic E-state index is 5.59. The highest BCUT2D eigenvalue weighted by atomic mass is 15.2. The Labute approximate surface area is 91.3 Å². The first-order valence-electron chi connectivity index (χ1n) is 5.74. The molecule has 1 heterocycles. The summed E-state index contributed by atoms with van der Waals surface area (Å²) in [5.74, 6) is 0. The number of hydrogen-bond donors (Lipinski definition) is 1. The van der Waals surface area contributed by atoms with Gasteiger partial charge in [0.25, 0.3) is 0 Å². The van der Waals surface area contributed by atoms with Gasteiger partial charge in [0.1, 0.15) is 0 Å². The fourth-order valence-corrected chi connectivity index (χ4v) is 1.88. The van der Waals surface area contributed by atoms with Gasteiger partial charge < -0.3 is 10.6 Å². The van der Waals surface area contributed by atoms with E-state index in [1.165, 1.54) is 12.8 Å². The summed E-state index contributed by atoms with van der Waals surface area (Å²) in [7, 11) is 0. The van der Waals surface area contributed by atoms with Gasteiger partial charge in [-0.2, -0.15) is 0 Å². The zero-order valence-electron chi connectivity index (χ0n) is 9.32. The first-order valence-corrected chi connectivity index (χ1v) is 5.74. The van der Waals surface area contributed by atoms with Crippen molar-refractivity contribution in [2.24, 2.45) is 0 Å². The van der Waals surface area contributed by atoms with Gasteiger partial charge in [0.05, 0.1) is 11.9 Å². The van der Waals surface area contributed by atoms with Crippen LogP contribution in [-0.2, 0) is 6.42 Å². The van der Waals surface area contributed by atoms with Crippen molar-refractivity contribution < 1.29 is 0 Å². The molecule has 1 aliphatic rings. The van der Waals surface area contributed by atoms with Gasteiger partial charge >= 0.3 is 0 Å². The minimum atomic E-state index is 0.744. The molecule has 0 saturated heterocycles. The van der Waals surface area contributed by atoms with Crippen molar-refractivity contribution in [3.8, 4) is 0 Å². The standard InChI is InChI=1S/C12H19N3/c1-2-15(12-5-6-12)8-7-11-4-3-10(13)9-14-11/h3-4,9,12H,2,5-8,13H2,1H3. The van der Waals surface area contributed by atoms with E-state index in [1.807, 2.05) is 12.1 Å². The molecule has 3 heteroatoms. The van der Waals surface area contributed by atoms with Crippen molar-refractivity contribution in [1.82, 2.24) is 9.88 Å². The number of anilines is 1. The van der Waals surface area contributed by atoms with Crippen molar-refractivity contribution in [2.75, 3.05) is 18.8 Å². The van der Waals surface area contributed by atoms with Gasteiger partial charge in [0.15, 0.2) is 0 Å². The largest absolute Gasteiger partial charge is 0.397 e. The van der Waals surface area contributed by atoms with Crippen LogP contribution in [0.5, 0.6) is 0 Å². The van der Waals surface area contributed by atoms with Gasteiger partial charge in [0.2, 0.25) is 0 Å². The molecule has 0 spiro atoms. The summed E-state index contributed by atoms with van der Waals surface area (Å²) in [5, 5.41) is 0. The molecule has 0 aliphatic heterocycles. The maximum atomic E-state index is 5.59. The highest BCUT2D eigenvalue weighted by Gasteiger charge is 2.27. The molecule has 0 amide bonds. The van der Waals surface area contributed by atoms with Crippen LogP contribution >= 0.6 is 0 Å². The van der Waals surface area contributed by atoms with Crippen molar-refractivity contribution >= 4 is 5.69 Å². The molecule has 0 bridgehead atoms. The molecule has 2 rings (SSSR count). The second kappa shape index (κ2) is 4.62. The van der Waals surface area contributed by atoms with Gasteiger partial charge in [-0.15, -0.1) is 0 Å². The lowest BCUT2D eigenvalue weighted by Gasteiger charge is -2.19. The number of hydrogen-bond acceptors (Lipinski definition) is 3. The van der Waals surface area contributed by atoms with Crippen LogP contribution < -0.4 is 5.73 Å². The number of aromatic nitrogens is 1. The highest BCUT2D eigenvalue weighted by Crippen LogP contribution is 2.26. The molecule has 0 aromatic carbocycles.